The Labute approximate surface area is 234 Å². The van der Waals surface area contributed by atoms with Crippen LogP contribution in [0.2, 0.25) is 10.2 Å². The van der Waals surface area contributed by atoms with Crippen LogP contribution in [0.4, 0.5) is 5.69 Å². The summed E-state index contributed by atoms with van der Waals surface area (Å²) in [6, 6.07) is 17.4. The molecular weight excluding hydrogens is 525 g/mol. The first-order valence-corrected chi connectivity index (χ1v) is 13.9. The van der Waals surface area contributed by atoms with Gasteiger partial charge in [-0.1, -0.05) is 84.6 Å². The number of halogens is 3. The Balaban J connectivity index is 0.00000156. The predicted octanol–water partition coefficient (Wildman–Crippen LogP) is 8.00. The molecule has 1 amide bonds. The number of benzene rings is 2. The van der Waals surface area contributed by atoms with Crippen LogP contribution in [0.15, 0.2) is 66.9 Å². The summed E-state index contributed by atoms with van der Waals surface area (Å²) in [6.45, 7) is 9.34. The summed E-state index contributed by atoms with van der Waals surface area (Å²) in [5, 5.41) is 1.78. The van der Waals surface area contributed by atoms with Gasteiger partial charge in [-0.25, -0.2) is 4.98 Å². The van der Waals surface area contributed by atoms with Crippen molar-refractivity contribution < 1.29 is 4.79 Å². The lowest BCUT2D eigenvalue weighted by atomic mass is 9.74. The van der Waals surface area contributed by atoms with Crippen LogP contribution in [0.3, 0.4) is 0 Å². The van der Waals surface area contributed by atoms with Gasteiger partial charge in [0.15, 0.2) is 0 Å². The van der Waals surface area contributed by atoms with Gasteiger partial charge in [0.25, 0.3) is 5.91 Å². The van der Waals surface area contributed by atoms with Crippen molar-refractivity contribution in [3.8, 4) is 0 Å². The summed E-state index contributed by atoms with van der Waals surface area (Å²) >= 11 is 19.0. The lowest BCUT2D eigenvalue weighted by Crippen LogP contribution is -2.46. The van der Waals surface area contributed by atoms with Gasteiger partial charge in [-0.15, -0.1) is 0 Å². The van der Waals surface area contributed by atoms with Crippen LogP contribution in [0, 0.1) is 6.92 Å². The molecule has 0 radical (unpaired) electrons. The standard InChI is InChI=1S/C28H26Cl3N3O.C2H6/c1-19-2-4-20(5-3-19)24(30)9-13-33-14-10-28(11-15-33)18-34(25-7-6-22(29)17-23(25)28)27(35)21-8-12-32-26(31)16-21;1-2/h2-9,12,16-17H,10-11,13-15,18H2,1H3;1-2H3/b24-9-;. The van der Waals surface area contributed by atoms with E-state index in [-0.39, 0.29) is 11.3 Å². The van der Waals surface area contributed by atoms with Crippen molar-refractivity contribution in [3.05, 3.63) is 99.3 Å². The summed E-state index contributed by atoms with van der Waals surface area (Å²) in [4.78, 5) is 21.7. The monoisotopic (exact) mass is 555 g/mol. The number of carbonyl (C=O) groups is 1. The normalized spacial score (nSPS) is 16.8. The summed E-state index contributed by atoms with van der Waals surface area (Å²) < 4.78 is 0. The second kappa shape index (κ2) is 12.0. The maximum Gasteiger partial charge on any atom is 0.258 e. The molecule has 1 saturated heterocycles. The van der Waals surface area contributed by atoms with Crippen molar-refractivity contribution in [2.24, 2.45) is 0 Å². The van der Waals surface area contributed by atoms with E-state index in [0.717, 1.165) is 54.3 Å². The van der Waals surface area contributed by atoms with Crippen LogP contribution in [-0.4, -0.2) is 42.0 Å². The van der Waals surface area contributed by atoms with Gasteiger partial charge >= 0.3 is 0 Å². The summed E-state index contributed by atoms with van der Waals surface area (Å²) in [7, 11) is 0. The van der Waals surface area contributed by atoms with Gasteiger partial charge in [0.1, 0.15) is 5.15 Å². The van der Waals surface area contributed by atoms with Crippen LogP contribution >= 0.6 is 34.8 Å². The third-order valence-corrected chi connectivity index (χ3v) is 7.98. The van der Waals surface area contributed by atoms with Crippen LogP contribution in [0.25, 0.3) is 5.03 Å². The minimum absolute atomic E-state index is 0.0648. The minimum Gasteiger partial charge on any atom is -0.307 e. The smallest absolute Gasteiger partial charge is 0.258 e. The molecule has 0 N–H and O–H groups in total. The zero-order valence-electron chi connectivity index (χ0n) is 21.5. The number of aryl methyl sites for hydroxylation is 1. The molecule has 5 rings (SSSR count). The largest absolute Gasteiger partial charge is 0.307 e. The number of amides is 1. The molecule has 0 atom stereocenters. The number of fused-ring (bicyclic) bond motifs is 2. The Morgan fingerprint density at radius 3 is 2.38 bits per heavy atom. The number of piperidine rings is 1. The number of likely N-dealkylation sites (tertiary alicyclic amines) is 1. The highest BCUT2D eigenvalue weighted by molar-refractivity contribution is 6.48. The van der Waals surface area contributed by atoms with Crippen LogP contribution in [-0.2, 0) is 5.41 Å². The average molecular weight is 557 g/mol. The molecule has 1 fully saturated rings. The van der Waals surface area contributed by atoms with Crippen LogP contribution in [0.5, 0.6) is 0 Å². The molecule has 3 heterocycles. The molecule has 2 aliphatic heterocycles. The van der Waals surface area contributed by atoms with Crippen molar-refractivity contribution in [2.75, 3.05) is 31.1 Å². The lowest BCUT2D eigenvalue weighted by Gasteiger charge is -2.39. The van der Waals surface area contributed by atoms with Gasteiger partial charge in [-0.05, 0) is 74.3 Å². The molecule has 0 unspecified atom stereocenters. The summed E-state index contributed by atoms with van der Waals surface area (Å²) in [5.74, 6) is -0.0648. The third-order valence-electron chi connectivity index (χ3n) is 7.17. The number of rotatable bonds is 4. The molecule has 3 aromatic rings. The molecule has 0 bridgehead atoms. The fraction of sp³-hybridized carbons (Fsp3) is 0.333. The highest BCUT2D eigenvalue weighted by Gasteiger charge is 2.46. The molecule has 0 saturated carbocycles. The molecule has 1 spiro atoms. The van der Waals surface area contributed by atoms with E-state index in [0.29, 0.717) is 22.3 Å². The maximum absolute atomic E-state index is 13.4. The number of anilines is 1. The zero-order valence-corrected chi connectivity index (χ0v) is 23.7. The van der Waals surface area contributed by atoms with Crippen LogP contribution < -0.4 is 4.90 Å². The van der Waals surface area contributed by atoms with Crippen LogP contribution in [0.1, 0.15) is 53.7 Å². The fourth-order valence-electron chi connectivity index (χ4n) is 5.14. The summed E-state index contributed by atoms with van der Waals surface area (Å²) in [6.07, 6.45) is 5.54. The fourth-order valence-corrected chi connectivity index (χ4v) is 5.69. The molecule has 0 aliphatic carbocycles. The van der Waals surface area contributed by atoms with E-state index in [1.807, 2.05) is 36.9 Å². The molecule has 2 aromatic carbocycles. The predicted molar refractivity (Wildman–Crippen MR) is 156 cm³/mol. The SMILES string of the molecule is CC.Cc1ccc(/C(Cl)=C/CN2CCC3(CC2)CN(C(=O)c2ccnc(Cl)c2)c2ccc(Cl)cc23)cc1. The van der Waals surface area contributed by atoms with Gasteiger partial charge in [0, 0.05) is 46.0 Å². The molecule has 4 nitrogen and oxygen atoms in total. The Kier molecular flexibility index (Phi) is 8.97. The molecule has 37 heavy (non-hydrogen) atoms. The van der Waals surface area contributed by atoms with Gasteiger partial charge in [-0.2, -0.15) is 0 Å². The molecular formula is C30H32Cl3N3O. The Bertz CT molecular complexity index is 1280. The molecule has 194 valence electrons. The van der Waals surface area contributed by atoms with Crippen molar-refractivity contribution in [1.82, 2.24) is 9.88 Å². The zero-order chi connectivity index (χ0) is 26.6. The number of carbonyl (C=O) groups excluding carboxylic acids is 1. The van der Waals surface area contributed by atoms with E-state index < -0.39 is 0 Å². The summed E-state index contributed by atoms with van der Waals surface area (Å²) in [5.41, 5.74) is 4.77. The Morgan fingerprint density at radius 2 is 1.70 bits per heavy atom. The van der Waals surface area contributed by atoms with Gasteiger partial charge in [0.2, 0.25) is 0 Å². The first-order chi connectivity index (χ1) is 17.8. The highest BCUT2D eigenvalue weighted by atomic mass is 35.5. The topological polar surface area (TPSA) is 36.4 Å². The first kappa shape index (κ1) is 27.7. The van der Waals surface area contributed by atoms with E-state index in [1.165, 1.54) is 5.56 Å². The van der Waals surface area contributed by atoms with E-state index in [2.05, 4.69) is 47.1 Å². The van der Waals surface area contributed by atoms with Gasteiger partial charge in [0.05, 0.1) is 0 Å². The highest BCUT2D eigenvalue weighted by Crippen LogP contribution is 2.48. The molecule has 1 aromatic heterocycles. The average Bonchev–Trinajstić information content (AvgIpc) is 3.22. The van der Waals surface area contributed by atoms with Gasteiger partial charge < -0.3 is 4.90 Å². The Morgan fingerprint density at radius 1 is 1.00 bits per heavy atom. The van der Waals surface area contributed by atoms with Crippen molar-refractivity contribution in [2.45, 2.75) is 39.0 Å². The number of hydrogen-bond donors (Lipinski definition) is 0. The number of nitrogens with zero attached hydrogens (tertiary/aromatic N) is 3. The van der Waals surface area contributed by atoms with Crippen molar-refractivity contribution in [1.29, 1.82) is 0 Å². The van der Waals surface area contributed by atoms with E-state index in [4.69, 9.17) is 34.8 Å². The van der Waals surface area contributed by atoms with Crippen molar-refractivity contribution >= 4 is 51.4 Å². The Hall–Kier alpha value is -2.37. The van der Waals surface area contributed by atoms with E-state index in [9.17, 15) is 4.79 Å². The second-order valence-corrected chi connectivity index (χ2v) is 10.6. The van der Waals surface area contributed by atoms with E-state index in [1.54, 1.807) is 18.3 Å². The number of aromatic nitrogens is 1. The maximum atomic E-state index is 13.4. The van der Waals surface area contributed by atoms with Crippen molar-refractivity contribution in [3.63, 3.8) is 0 Å². The second-order valence-electron chi connectivity index (χ2n) is 9.42. The van der Waals surface area contributed by atoms with Gasteiger partial charge in [-0.3, -0.25) is 9.69 Å². The third kappa shape index (κ3) is 6.04. The molecule has 2 aliphatic rings. The number of pyridine rings is 1. The quantitative estimate of drug-likeness (QED) is 0.306. The first-order valence-electron chi connectivity index (χ1n) is 12.7. The lowest BCUT2D eigenvalue weighted by molar-refractivity contribution is 0.0977. The molecule has 7 heteroatoms. The number of hydrogen-bond acceptors (Lipinski definition) is 3. The minimum atomic E-state index is -0.117. The van der Waals surface area contributed by atoms with E-state index >= 15 is 0 Å².